The molecule has 4 heteroatoms. The Hall–Kier alpha value is -2.07. The first-order valence-corrected chi connectivity index (χ1v) is 6.67. The van der Waals surface area contributed by atoms with Crippen molar-refractivity contribution in [2.24, 2.45) is 5.73 Å². The SMILES string of the molecule is COc1cccc(-c2ccc(CN)c(=O)n2C(C)C)c1. The predicted molar refractivity (Wildman–Crippen MR) is 81.0 cm³/mol. The zero-order valence-electron chi connectivity index (χ0n) is 12.1. The summed E-state index contributed by atoms with van der Waals surface area (Å²) in [6, 6.07) is 11.5. The van der Waals surface area contributed by atoms with E-state index >= 15 is 0 Å². The predicted octanol–water partition coefficient (Wildman–Crippen LogP) is 2.56. The van der Waals surface area contributed by atoms with E-state index in [0.717, 1.165) is 17.0 Å². The van der Waals surface area contributed by atoms with E-state index in [1.165, 1.54) is 0 Å². The van der Waals surface area contributed by atoms with E-state index in [0.29, 0.717) is 5.56 Å². The molecule has 0 saturated heterocycles. The molecule has 1 aromatic heterocycles. The van der Waals surface area contributed by atoms with E-state index in [-0.39, 0.29) is 18.1 Å². The van der Waals surface area contributed by atoms with Gasteiger partial charge in [0.25, 0.3) is 5.56 Å². The summed E-state index contributed by atoms with van der Waals surface area (Å²) in [7, 11) is 1.63. The van der Waals surface area contributed by atoms with Crippen LogP contribution in [0.5, 0.6) is 5.75 Å². The fourth-order valence-corrected chi connectivity index (χ4v) is 2.28. The molecule has 0 aliphatic heterocycles. The average Bonchev–Trinajstić information content (AvgIpc) is 2.46. The number of ether oxygens (including phenoxy) is 1. The molecule has 2 N–H and O–H groups in total. The lowest BCUT2D eigenvalue weighted by Gasteiger charge is -2.18. The smallest absolute Gasteiger partial charge is 0.255 e. The molecule has 0 atom stereocenters. The molecule has 1 aromatic carbocycles. The van der Waals surface area contributed by atoms with Crippen LogP contribution in [0.3, 0.4) is 0 Å². The maximum absolute atomic E-state index is 12.4. The number of rotatable bonds is 4. The van der Waals surface area contributed by atoms with Crippen molar-refractivity contribution in [2.75, 3.05) is 7.11 Å². The van der Waals surface area contributed by atoms with Gasteiger partial charge in [-0.25, -0.2) is 0 Å². The number of nitrogens with zero attached hydrogens (tertiary/aromatic N) is 1. The molecule has 20 heavy (non-hydrogen) atoms. The van der Waals surface area contributed by atoms with Crippen LogP contribution in [0.2, 0.25) is 0 Å². The maximum Gasteiger partial charge on any atom is 0.255 e. The lowest BCUT2D eigenvalue weighted by molar-refractivity contribution is 0.415. The highest BCUT2D eigenvalue weighted by atomic mass is 16.5. The second kappa shape index (κ2) is 5.92. The number of hydrogen-bond acceptors (Lipinski definition) is 3. The monoisotopic (exact) mass is 272 g/mol. The van der Waals surface area contributed by atoms with Gasteiger partial charge in [-0.3, -0.25) is 4.79 Å². The van der Waals surface area contributed by atoms with E-state index in [4.69, 9.17) is 10.5 Å². The number of hydrogen-bond donors (Lipinski definition) is 1. The second-order valence-electron chi connectivity index (χ2n) is 4.95. The third-order valence-corrected chi connectivity index (χ3v) is 3.30. The van der Waals surface area contributed by atoms with Crippen LogP contribution in [-0.4, -0.2) is 11.7 Å². The zero-order chi connectivity index (χ0) is 14.7. The Morgan fingerprint density at radius 3 is 2.60 bits per heavy atom. The van der Waals surface area contributed by atoms with Gasteiger partial charge < -0.3 is 15.0 Å². The Bertz CT molecular complexity index is 660. The van der Waals surface area contributed by atoms with Crippen molar-refractivity contribution in [1.29, 1.82) is 0 Å². The Balaban J connectivity index is 2.67. The summed E-state index contributed by atoms with van der Waals surface area (Å²) < 4.78 is 7.02. The molecule has 0 aliphatic rings. The van der Waals surface area contributed by atoms with Crippen LogP contribution in [0, 0.1) is 0 Å². The minimum absolute atomic E-state index is 0.0252. The molecule has 0 saturated carbocycles. The summed E-state index contributed by atoms with van der Waals surface area (Å²) in [5.41, 5.74) is 8.06. The standard InChI is InChI=1S/C16H20N2O2/c1-11(2)18-15(8-7-13(10-17)16(18)19)12-5-4-6-14(9-12)20-3/h4-9,11H,10,17H2,1-3H3. The lowest BCUT2D eigenvalue weighted by Crippen LogP contribution is -2.27. The van der Waals surface area contributed by atoms with Crippen molar-refractivity contribution in [1.82, 2.24) is 4.57 Å². The van der Waals surface area contributed by atoms with E-state index in [1.807, 2.05) is 44.2 Å². The van der Waals surface area contributed by atoms with E-state index in [1.54, 1.807) is 17.7 Å². The van der Waals surface area contributed by atoms with Gasteiger partial charge in [0.05, 0.1) is 12.8 Å². The summed E-state index contributed by atoms with van der Waals surface area (Å²) in [5.74, 6) is 0.771. The molecule has 0 unspecified atom stereocenters. The molecule has 106 valence electrons. The Morgan fingerprint density at radius 1 is 1.25 bits per heavy atom. The minimum atomic E-state index is -0.0252. The van der Waals surface area contributed by atoms with Crippen LogP contribution >= 0.6 is 0 Å². The van der Waals surface area contributed by atoms with Crippen molar-refractivity contribution in [3.8, 4) is 17.0 Å². The van der Waals surface area contributed by atoms with Gasteiger partial charge in [-0.15, -0.1) is 0 Å². The van der Waals surface area contributed by atoms with Crippen molar-refractivity contribution in [3.63, 3.8) is 0 Å². The summed E-state index contributed by atoms with van der Waals surface area (Å²) in [6.07, 6.45) is 0. The number of methoxy groups -OCH3 is 1. The zero-order valence-corrected chi connectivity index (χ0v) is 12.1. The summed E-state index contributed by atoms with van der Waals surface area (Å²) >= 11 is 0. The molecule has 0 aliphatic carbocycles. The normalized spacial score (nSPS) is 10.8. The highest BCUT2D eigenvalue weighted by Crippen LogP contribution is 2.25. The molecular formula is C16H20N2O2. The molecule has 0 radical (unpaired) electrons. The van der Waals surface area contributed by atoms with Gasteiger partial charge in [0.2, 0.25) is 0 Å². The van der Waals surface area contributed by atoms with E-state index in [2.05, 4.69) is 0 Å². The van der Waals surface area contributed by atoms with Crippen molar-refractivity contribution < 1.29 is 4.74 Å². The minimum Gasteiger partial charge on any atom is -0.497 e. The molecule has 1 heterocycles. The van der Waals surface area contributed by atoms with Gasteiger partial charge in [0.1, 0.15) is 5.75 Å². The molecule has 0 fully saturated rings. The summed E-state index contributed by atoms with van der Waals surface area (Å²) in [6.45, 7) is 4.24. The average molecular weight is 272 g/mol. The first kappa shape index (κ1) is 14.3. The van der Waals surface area contributed by atoms with Gasteiger partial charge in [-0.05, 0) is 32.0 Å². The first-order valence-electron chi connectivity index (χ1n) is 6.67. The number of benzene rings is 1. The van der Waals surface area contributed by atoms with Crippen molar-refractivity contribution in [2.45, 2.75) is 26.4 Å². The van der Waals surface area contributed by atoms with Crippen LogP contribution in [0.1, 0.15) is 25.5 Å². The molecule has 0 amide bonds. The molecule has 0 spiro atoms. The lowest BCUT2D eigenvalue weighted by atomic mass is 10.1. The largest absolute Gasteiger partial charge is 0.497 e. The summed E-state index contributed by atoms with van der Waals surface area (Å²) in [5, 5.41) is 0. The van der Waals surface area contributed by atoms with Crippen LogP contribution in [0.25, 0.3) is 11.3 Å². The van der Waals surface area contributed by atoms with Crippen LogP contribution in [-0.2, 0) is 6.54 Å². The number of aromatic nitrogens is 1. The topological polar surface area (TPSA) is 57.2 Å². The Labute approximate surface area is 118 Å². The van der Waals surface area contributed by atoms with Crippen molar-refractivity contribution in [3.05, 3.63) is 52.3 Å². The fourth-order valence-electron chi connectivity index (χ4n) is 2.28. The molecule has 2 aromatic rings. The van der Waals surface area contributed by atoms with Crippen LogP contribution in [0.15, 0.2) is 41.2 Å². The van der Waals surface area contributed by atoms with Gasteiger partial charge in [-0.2, -0.15) is 0 Å². The van der Waals surface area contributed by atoms with E-state index < -0.39 is 0 Å². The number of nitrogens with two attached hydrogens (primary N) is 1. The van der Waals surface area contributed by atoms with Gasteiger partial charge in [-0.1, -0.05) is 18.2 Å². The van der Waals surface area contributed by atoms with Gasteiger partial charge in [0.15, 0.2) is 0 Å². The second-order valence-corrected chi connectivity index (χ2v) is 4.95. The van der Waals surface area contributed by atoms with Crippen molar-refractivity contribution >= 4 is 0 Å². The molecule has 2 rings (SSSR count). The quantitative estimate of drug-likeness (QED) is 0.930. The molecular weight excluding hydrogens is 252 g/mol. The molecule has 4 nitrogen and oxygen atoms in total. The highest BCUT2D eigenvalue weighted by Gasteiger charge is 2.12. The molecule has 0 bridgehead atoms. The highest BCUT2D eigenvalue weighted by molar-refractivity contribution is 5.62. The Kier molecular flexibility index (Phi) is 4.25. The third kappa shape index (κ3) is 2.60. The third-order valence-electron chi connectivity index (χ3n) is 3.30. The fraction of sp³-hybridized carbons (Fsp3) is 0.312. The first-order chi connectivity index (χ1) is 9.58. The van der Waals surface area contributed by atoms with Crippen LogP contribution < -0.4 is 16.0 Å². The number of pyridine rings is 1. The Morgan fingerprint density at radius 2 is 2.00 bits per heavy atom. The van der Waals surface area contributed by atoms with Crippen LogP contribution in [0.4, 0.5) is 0 Å². The van der Waals surface area contributed by atoms with Gasteiger partial charge in [0, 0.05) is 23.7 Å². The maximum atomic E-state index is 12.4. The van der Waals surface area contributed by atoms with Gasteiger partial charge >= 0.3 is 0 Å². The van der Waals surface area contributed by atoms with E-state index in [9.17, 15) is 4.79 Å². The summed E-state index contributed by atoms with van der Waals surface area (Å²) in [4.78, 5) is 12.4.